The summed E-state index contributed by atoms with van der Waals surface area (Å²) in [5, 5.41) is 4.73. The van der Waals surface area contributed by atoms with Gasteiger partial charge in [-0.15, -0.1) is 0 Å². The summed E-state index contributed by atoms with van der Waals surface area (Å²) >= 11 is 0. The fourth-order valence-electron chi connectivity index (χ4n) is 3.88. The predicted molar refractivity (Wildman–Crippen MR) is 263 cm³/mol. The molecule has 8 aromatic rings. The highest BCUT2D eigenvalue weighted by atomic mass is 14.8. The van der Waals surface area contributed by atoms with Crippen molar-refractivity contribution >= 4 is 43.6 Å². The van der Waals surface area contributed by atoms with Gasteiger partial charge in [0.05, 0.1) is 22.1 Å². The van der Waals surface area contributed by atoms with Crippen LogP contribution >= 0.6 is 0 Å². The van der Waals surface area contributed by atoms with Crippen LogP contribution in [0.5, 0.6) is 0 Å². The summed E-state index contributed by atoms with van der Waals surface area (Å²) in [5.74, 6) is 0. The first-order valence-electron chi connectivity index (χ1n) is 20.8. The Morgan fingerprint density at radius 1 is 0.267 bits per heavy atom. The molecule has 0 bridgehead atoms. The van der Waals surface area contributed by atoms with Crippen molar-refractivity contribution in [3.05, 3.63) is 159 Å². The Morgan fingerprint density at radius 3 is 1.03 bits per heavy atom. The summed E-state index contributed by atoms with van der Waals surface area (Å²) in [6.07, 6.45) is 12.2. The van der Waals surface area contributed by atoms with Crippen molar-refractivity contribution in [2.45, 2.75) is 111 Å². The van der Waals surface area contributed by atoms with Crippen molar-refractivity contribution < 1.29 is 0 Å². The molecule has 6 heteroatoms. The van der Waals surface area contributed by atoms with Crippen molar-refractivity contribution in [1.82, 2.24) is 29.9 Å². The predicted octanol–water partition coefficient (Wildman–Crippen LogP) is 15.9. The summed E-state index contributed by atoms with van der Waals surface area (Å²) in [5.41, 5.74) is 5.96. The van der Waals surface area contributed by atoms with Gasteiger partial charge in [-0.3, -0.25) is 19.9 Å². The van der Waals surface area contributed by atoms with E-state index in [0.29, 0.717) is 21.7 Å². The minimum Gasteiger partial charge on any atom is -0.264 e. The summed E-state index contributed by atoms with van der Waals surface area (Å²) in [7, 11) is 0. The number of nitrogens with zero attached hydrogens (tertiary/aromatic N) is 6. The van der Waals surface area contributed by atoms with Crippen LogP contribution in [0.3, 0.4) is 0 Å². The van der Waals surface area contributed by atoms with Crippen molar-refractivity contribution in [2.75, 3.05) is 0 Å². The van der Waals surface area contributed by atoms with Gasteiger partial charge >= 0.3 is 0 Å². The summed E-state index contributed by atoms with van der Waals surface area (Å²) in [6, 6.07) is 38.0. The maximum Gasteiger partial charge on any atom is 0.116 e. The van der Waals surface area contributed by atoms with E-state index in [1.54, 1.807) is 18.7 Å². The molecule has 4 aromatic carbocycles. The lowest BCUT2D eigenvalue weighted by Crippen LogP contribution is -1.93. The maximum absolute atomic E-state index is 4.18. The Labute approximate surface area is 363 Å². The molecule has 4 aromatic heterocycles. The van der Waals surface area contributed by atoms with E-state index in [1.165, 1.54) is 16.2 Å². The number of pyridine rings is 2. The van der Waals surface area contributed by atoms with E-state index >= 15 is 0 Å². The van der Waals surface area contributed by atoms with E-state index in [-0.39, 0.29) is 0 Å². The van der Waals surface area contributed by atoms with Gasteiger partial charge in [0.15, 0.2) is 0 Å². The molecule has 0 aliphatic rings. The monoisotopic (exact) mass is 807 g/mol. The van der Waals surface area contributed by atoms with Gasteiger partial charge in [0.25, 0.3) is 0 Å². The molecule has 0 saturated heterocycles. The van der Waals surface area contributed by atoms with Gasteiger partial charge in [-0.2, -0.15) is 0 Å². The van der Waals surface area contributed by atoms with Crippen LogP contribution < -0.4 is 0 Å². The zero-order valence-corrected chi connectivity index (χ0v) is 39.7. The summed E-state index contributed by atoms with van der Waals surface area (Å²) in [4.78, 5) is 24.4. The van der Waals surface area contributed by atoms with Crippen molar-refractivity contribution in [1.29, 1.82) is 0 Å². The van der Waals surface area contributed by atoms with Crippen LogP contribution in [-0.2, 0) is 0 Å². The zero-order chi connectivity index (χ0) is 45.2. The lowest BCUT2D eigenvalue weighted by molar-refractivity contribution is 0.469. The van der Waals surface area contributed by atoms with Gasteiger partial charge in [-0.05, 0) is 68.8 Å². The normalized spacial score (nSPS) is 10.7. The molecule has 4 heterocycles. The van der Waals surface area contributed by atoms with E-state index in [1.807, 2.05) is 116 Å². The molecular weight excluding hydrogens is 733 g/mol. The third-order valence-corrected chi connectivity index (χ3v) is 5.85. The number of aromatic nitrogens is 6. The second-order valence-corrected chi connectivity index (χ2v) is 20.5. The third-order valence-electron chi connectivity index (χ3n) is 5.85. The fraction of sp³-hybridized carbons (Fsp3) is 0.370. The van der Waals surface area contributed by atoms with Gasteiger partial charge in [0, 0.05) is 48.0 Å². The highest BCUT2D eigenvalue weighted by molar-refractivity contribution is 5.81. The largest absolute Gasteiger partial charge is 0.264 e. The van der Waals surface area contributed by atoms with Crippen molar-refractivity contribution in [2.24, 2.45) is 21.7 Å². The number of para-hydroxylation sites is 4. The van der Waals surface area contributed by atoms with Crippen molar-refractivity contribution in [3.63, 3.8) is 0 Å². The Kier molecular flexibility index (Phi) is 23.1. The standard InChI is InChI=1S/2C9H7N.2C8H6N2.4C5H12/c1-2-6-9-8(4-1)5-3-7-10-9;1-2-4-9-7-10-6-5-8(9)3-1;1-2-4-8-7(3-1)5-9-6-10-8;1-2-4-8-7(3-1)9-5-6-10-8;4*1-5(2,3)4/h2*1-7H;2*1-6H;4*1-4H3. The van der Waals surface area contributed by atoms with E-state index in [9.17, 15) is 0 Å². The first kappa shape index (κ1) is 52.4. The summed E-state index contributed by atoms with van der Waals surface area (Å²) < 4.78 is 0. The molecule has 0 fully saturated rings. The molecule has 8 rings (SSSR count). The lowest BCUT2D eigenvalue weighted by Gasteiger charge is -2.05. The van der Waals surface area contributed by atoms with Crippen LogP contribution in [0.1, 0.15) is 111 Å². The fourth-order valence-corrected chi connectivity index (χ4v) is 3.88. The molecule has 0 aliphatic heterocycles. The molecule has 0 N–H and O–H groups in total. The second kappa shape index (κ2) is 26.5. The Morgan fingerprint density at radius 2 is 0.600 bits per heavy atom. The number of hydrogen-bond acceptors (Lipinski definition) is 6. The van der Waals surface area contributed by atoms with E-state index in [0.717, 1.165) is 27.5 Å². The molecular formula is C54H74N6. The van der Waals surface area contributed by atoms with Crippen LogP contribution in [0.2, 0.25) is 0 Å². The lowest BCUT2D eigenvalue weighted by atomic mass is 10.0. The number of hydrogen-bond donors (Lipinski definition) is 0. The average Bonchev–Trinajstić information content (AvgIpc) is 3.16. The summed E-state index contributed by atoms with van der Waals surface area (Å²) in [6.45, 7) is 35.0. The molecule has 60 heavy (non-hydrogen) atoms. The SMILES string of the molecule is CC(C)(C)C.CC(C)(C)C.CC(C)(C)C.CC(C)(C)C.c1ccc2cnccc2c1.c1ccc2ncccc2c1.c1ccc2nccnc2c1.c1ccc2ncncc2c1. The van der Waals surface area contributed by atoms with E-state index in [4.69, 9.17) is 0 Å². The minimum atomic E-state index is 0.500. The third kappa shape index (κ3) is 31.4. The second-order valence-electron chi connectivity index (χ2n) is 20.5. The quantitative estimate of drug-likeness (QED) is 0.152. The van der Waals surface area contributed by atoms with Gasteiger partial charge in [0.1, 0.15) is 6.33 Å². The molecule has 6 nitrogen and oxygen atoms in total. The van der Waals surface area contributed by atoms with E-state index in [2.05, 4.69) is 165 Å². The molecule has 0 unspecified atom stereocenters. The van der Waals surface area contributed by atoms with Crippen LogP contribution in [0, 0.1) is 21.7 Å². The zero-order valence-electron chi connectivity index (χ0n) is 39.7. The van der Waals surface area contributed by atoms with Crippen LogP contribution in [0.25, 0.3) is 43.6 Å². The minimum absolute atomic E-state index is 0.500. The highest BCUT2D eigenvalue weighted by Crippen LogP contribution is 2.12. The van der Waals surface area contributed by atoms with Gasteiger partial charge < -0.3 is 0 Å². The van der Waals surface area contributed by atoms with Gasteiger partial charge in [-0.1, -0.05) is 190 Å². The molecule has 0 amide bonds. The van der Waals surface area contributed by atoms with Crippen molar-refractivity contribution in [3.8, 4) is 0 Å². The van der Waals surface area contributed by atoms with Crippen LogP contribution in [0.4, 0.5) is 0 Å². The number of benzene rings is 4. The Bertz CT molecular complexity index is 1710. The topological polar surface area (TPSA) is 77.3 Å². The first-order valence-corrected chi connectivity index (χ1v) is 20.8. The van der Waals surface area contributed by atoms with Gasteiger partial charge in [0.2, 0.25) is 0 Å². The van der Waals surface area contributed by atoms with Gasteiger partial charge in [-0.25, -0.2) is 9.97 Å². The molecule has 320 valence electrons. The smallest absolute Gasteiger partial charge is 0.116 e. The maximum atomic E-state index is 4.18. The molecule has 0 spiro atoms. The van der Waals surface area contributed by atoms with Crippen LogP contribution in [-0.4, -0.2) is 29.9 Å². The average molecular weight is 807 g/mol. The van der Waals surface area contributed by atoms with Crippen LogP contribution in [0.15, 0.2) is 159 Å². The highest BCUT2D eigenvalue weighted by Gasteiger charge is 1.97. The molecule has 0 saturated carbocycles. The Hall–Kier alpha value is -5.62. The van der Waals surface area contributed by atoms with E-state index < -0.39 is 0 Å². The molecule has 0 radical (unpaired) electrons. The molecule has 0 aliphatic carbocycles. The number of fused-ring (bicyclic) bond motifs is 4. The Balaban J connectivity index is 0.000000351. The number of rotatable bonds is 0. The molecule has 0 atom stereocenters. The first-order chi connectivity index (χ1) is 27.9.